The van der Waals surface area contributed by atoms with Crippen LogP contribution in [0.25, 0.3) is 21.7 Å². The maximum absolute atomic E-state index is 11.0. The fourth-order valence-corrected chi connectivity index (χ4v) is 3.90. The standard InChI is InChI=1S/C23H18N4O3S/c1-15-6-8-16(9-7-15)21-22(17-10-12-19(13-11-17)27(29)30)31-23(25-21)26-24-14-18-4-2-3-5-20(18)28/h2-14,28H,1H3,(H,25,26)/b24-14-. The van der Waals surface area contributed by atoms with Gasteiger partial charge in [0.25, 0.3) is 5.69 Å². The Morgan fingerprint density at radius 1 is 1.03 bits per heavy atom. The second kappa shape index (κ2) is 8.76. The quantitative estimate of drug-likeness (QED) is 0.227. The van der Waals surface area contributed by atoms with E-state index < -0.39 is 4.92 Å². The van der Waals surface area contributed by atoms with Gasteiger partial charge in [-0.1, -0.05) is 53.3 Å². The van der Waals surface area contributed by atoms with E-state index in [1.165, 1.54) is 29.7 Å². The Balaban J connectivity index is 1.69. The van der Waals surface area contributed by atoms with E-state index in [0.29, 0.717) is 10.7 Å². The van der Waals surface area contributed by atoms with Crippen molar-refractivity contribution in [3.63, 3.8) is 0 Å². The summed E-state index contributed by atoms with van der Waals surface area (Å²) in [5.74, 6) is 0.138. The van der Waals surface area contributed by atoms with Crippen molar-refractivity contribution in [3.05, 3.63) is 94.0 Å². The predicted octanol–water partition coefficient (Wildman–Crippen LogP) is 5.85. The van der Waals surface area contributed by atoms with Crippen LogP contribution in [0, 0.1) is 17.0 Å². The van der Waals surface area contributed by atoms with Gasteiger partial charge in [0.15, 0.2) is 0 Å². The molecule has 0 atom stereocenters. The summed E-state index contributed by atoms with van der Waals surface area (Å²) in [6, 6.07) is 21.3. The summed E-state index contributed by atoms with van der Waals surface area (Å²) in [6.45, 7) is 2.02. The molecular weight excluding hydrogens is 412 g/mol. The third-order valence-corrected chi connectivity index (χ3v) is 5.60. The average Bonchev–Trinajstić information content (AvgIpc) is 3.20. The summed E-state index contributed by atoms with van der Waals surface area (Å²) in [7, 11) is 0. The molecule has 0 bridgehead atoms. The van der Waals surface area contributed by atoms with E-state index in [2.05, 4.69) is 10.5 Å². The Bertz CT molecular complexity index is 1250. The van der Waals surface area contributed by atoms with Crippen LogP contribution in [0.3, 0.4) is 0 Å². The molecule has 1 heterocycles. The van der Waals surface area contributed by atoms with Crippen LogP contribution >= 0.6 is 11.3 Å². The molecule has 0 spiro atoms. The number of nitro groups is 1. The Labute approximate surface area is 182 Å². The summed E-state index contributed by atoms with van der Waals surface area (Å²) < 4.78 is 0. The number of benzene rings is 3. The molecule has 154 valence electrons. The molecule has 0 aliphatic rings. The third kappa shape index (κ3) is 4.59. The monoisotopic (exact) mass is 430 g/mol. The van der Waals surface area contributed by atoms with E-state index in [0.717, 1.165) is 27.3 Å². The van der Waals surface area contributed by atoms with Crippen molar-refractivity contribution in [3.8, 4) is 27.4 Å². The number of hydrazone groups is 1. The maximum Gasteiger partial charge on any atom is 0.269 e. The normalized spacial score (nSPS) is 11.0. The zero-order valence-corrected chi connectivity index (χ0v) is 17.3. The van der Waals surface area contributed by atoms with Crippen LogP contribution in [0.1, 0.15) is 11.1 Å². The molecule has 0 saturated carbocycles. The Hall–Kier alpha value is -4.04. The number of para-hydroxylation sites is 1. The number of aryl methyl sites for hydroxylation is 1. The summed E-state index contributed by atoms with van der Waals surface area (Å²) in [6.07, 6.45) is 1.52. The minimum Gasteiger partial charge on any atom is -0.507 e. The van der Waals surface area contributed by atoms with E-state index in [-0.39, 0.29) is 11.4 Å². The first-order valence-corrected chi connectivity index (χ1v) is 10.2. The van der Waals surface area contributed by atoms with Crippen molar-refractivity contribution in [1.82, 2.24) is 4.98 Å². The van der Waals surface area contributed by atoms with E-state index >= 15 is 0 Å². The molecule has 1 aromatic heterocycles. The molecule has 0 aliphatic carbocycles. The van der Waals surface area contributed by atoms with Crippen molar-refractivity contribution in [1.29, 1.82) is 0 Å². The van der Waals surface area contributed by atoms with Gasteiger partial charge in [0.05, 0.1) is 21.7 Å². The van der Waals surface area contributed by atoms with Crippen molar-refractivity contribution >= 4 is 28.4 Å². The van der Waals surface area contributed by atoms with Crippen LogP contribution in [-0.2, 0) is 0 Å². The third-order valence-electron chi connectivity index (χ3n) is 4.59. The predicted molar refractivity (Wildman–Crippen MR) is 124 cm³/mol. The Morgan fingerprint density at radius 2 is 1.71 bits per heavy atom. The largest absolute Gasteiger partial charge is 0.507 e. The number of nitrogens with one attached hydrogen (secondary N) is 1. The molecule has 3 aromatic carbocycles. The number of aromatic hydroxyl groups is 1. The van der Waals surface area contributed by atoms with Gasteiger partial charge in [-0.25, -0.2) is 4.98 Å². The fourth-order valence-electron chi connectivity index (χ4n) is 2.96. The number of thiazole rings is 1. The molecular formula is C23H18N4O3S. The van der Waals surface area contributed by atoms with Gasteiger partial charge >= 0.3 is 0 Å². The lowest BCUT2D eigenvalue weighted by molar-refractivity contribution is -0.384. The highest BCUT2D eigenvalue weighted by Gasteiger charge is 2.16. The van der Waals surface area contributed by atoms with Gasteiger partial charge in [-0.3, -0.25) is 15.5 Å². The molecule has 0 saturated heterocycles. The Morgan fingerprint density at radius 3 is 2.39 bits per heavy atom. The molecule has 8 heteroatoms. The SMILES string of the molecule is Cc1ccc(-c2nc(N/N=C\c3ccccc3O)sc2-c2ccc([N+](=O)[O-])cc2)cc1. The van der Waals surface area contributed by atoms with Crippen LogP contribution in [-0.4, -0.2) is 21.2 Å². The molecule has 0 aliphatic heterocycles. The number of rotatable bonds is 6. The molecule has 0 fully saturated rings. The summed E-state index contributed by atoms with van der Waals surface area (Å²) in [5, 5.41) is 25.6. The second-order valence-corrected chi connectivity index (χ2v) is 7.79. The lowest BCUT2D eigenvalue weighted by Crippen LogP contribution is -1.90. The number of aromatic nitrogens is 1. The number of hydrogen-bond acceptors (Lipinski definition) is 7. The van der Waals surface area contributed by atoms with E-state index in [1.807, 2.05) is 37.3 Å². The van der Waals surface area contributed by atoms with E-state index in [1.54, 1.807) is 30.3 Å². The minimum atomic E-state index is -0.419. The molecule has 2 N–H and O–H groups in total. The summed E-state index contributed by atoms with van der Waals surface area (Å²) in [4.78, 5) is 16.1. The number of phenolic OH excluding ortho intramolecular Hbond substituents is 1. The van der Waals surface area contributed by atoms with Gasteiger partial charge < -0.3 is 5.11 Å². The zero-order valence-electron chi connectivity index (χ0n) is 16.5. The lowest BCUT2D eigenvalue weighted by Gasteiger charge is -2.03. The molecule has 0 amide bonds. The first kappa shape index (κ1) is 20.2. The molecule has 0 radical (unpaired) electrons. The first-order valence-electron chi connectivity index (χ1n) is 9.41. The zero-order chi connectivity index (χ0) is 21.8. The highest BCUT2D eigenvalue weighted by atomic mass is 32.1. The number of anilines is 1. The van der Waals surface area contributed by atoms with Gasteiger partial charge in [0.2, 0.25) is 5.13 Å². The van der Waals surface area contributed by atoms with Gasteiger partial charge in [0, 0.05) is 23.3 Å². The minimum absolute atomic E-state index is 0.0377. The summed E-state index contributed by atoms with van der Waals surface area (Å²) in [5.41, 5.74) is 7.21. The number of non-ortho nitro benzene ring substituents is 1. The van der Waals surface area contributed by atoms with Gasteiger partial charge in [-0.2, -0.15) is 5.10 Å². The van der Waals surface area contributed by atoms with Crippen LogP contribution in [0.2, 0.25) is 0 Å². The number of phenols is 1. The molecule has 4 rings (SSSR count). The van der Waals surface area contributed by atoms with Gasteiger partial charge in [0.1, 0.15) is 5.75 Å². The molecule has 4 aromatic rings. The van der Waals surface area contributed by atoms with Crippen molar-refractivity contribution < 1.29 is 10.0 Å². The topological polar surface area (TPSA) is 101 Å². The van der Waals surface area contributed by atoms with Crippen molar-refractivity contribution in [2.75, 3.05) is 5.43 Å². The van der Waals surface area contributed by atoms with Crippen molar-refractivity contribution in [2.45, 2.75) is 6.92 Å². The van der Waals surface area contributed by atoms with Crippen molar-refractivity contribution in [2.24, 2.45) is 5.10 Å². The van der Waals surface area contributed by atoms with Gasteiger partial charge in [-0.05, 0) is 36.8 Å². The number of hydrogen-bond donors (Lipinski definition) is 2. The lowest BCUT2D eigenvalue weighted by atomic mass is 10.1. The summed E-state index contributed by atoms with van der Waals surface area (Å²) >= 11 is 1.40. The molecule has 7 nitrogen and oxygen atoms in total. The highest BCUT2D eigenvalue weighted by molar-refractivity contribution is 7.19. The van der Waals surface area contributed by atoms with Crippen LogP contribution in [0.15, 0.2) is 77.9 Å². The van der Waals surface area contributed by atoms with Crippen LogP contribution < -0.4 is 5.43 Å². The second-order valence-electron chi connectivity index (χ2n) is 6.80. The Kier molecular flexibility index (Phi) is 5.72. The number of nitro benzene ring substituents is 1. The van der Waals surface area contributed by atoms with E-state index in [9.17, 15) is 15.2 Å². The number of nitrogens with zero attached hydrogens (tertiary/aromatic N) is 3. The van der Waals surface area contributed by atoms with Gasteiger partial charge in [-0.15, -0.1) is 0 Å². The van der Waals surface area contributed by atoms with Crippen LogP contribution in [0.4, 0.5) is 10.8 Å². The van der Waals surface area contributed by atoms with Crippen LogP contribution in [0.5, 0.6) is 5.75 Å². The maximum atomic E-state index is 11.0. The molecule has 0 unspecified atom stereocenters. The average molecular weight is 430 g/mol. The fraction of sp³-hybridized carbons (Fsp3) is 0.0435. The smallest absolute Gasteiger partial charge is 0.269 e. The molecule has 31 heavy (non-hydrogen) atoms. The highest BCUT2D eigenvalue weighted by Crippen LogP contribution is 2.39. The van der Waals surface area contributed by atoms with E-state index in [4.69, 9.17) is 4.98 Å². The first-order chi connectivity index (χ1) is 15.0.